The first-order valence-corrected chi connectivity index (χ1v) is 6.35. The Morgan fingerprint density at radius 2 is 2.33 bits per heavy atom. The number of aromatic nitrogens is 2. The molecule has 0 atom stereocenters. The lowest BCUT2D eigenvalue weighted by Gasteiger charge is -2.06. The number of nitrogens with one attached hydrogen (secondary N) is 1. The van der Waals surface area contributed by atoms with Gasteiger partial charge in [0.1, 0.15) is 4.88 Å². The first-order valence-electron chi connectivity index (χ1n) is 5.20. The molecule has 0 aliphatic carbocycles. The van der Waals surface area contributed by atoms with Gasteiger partial charge < -0.3 is 11.1 Å². The maximum atomic E-state index is 11.9. The number of nitrogens with zero attached hydrogens (tertiary/aromatic N) is 2. The van der Waals surface area contributed by atoms with Crippen LogP contribution in [0.15, 0.2) is 18.2 Å². The van der Waals surface area contributed by atoms with Gasteiger partial charge in [0.25, 0.3) is 5.91 Å². The Labute approximate surface area is 113 Å². The van der Waals surface area contributed by atoms with Crippen LogP contribution in [0.5, 0.6) is 0 Å². The number of hydrogen-bond donors (Lipinski definition) is 2. The SMILES string of the molecule is Cc1nnsc1C(=O)Nc1ccc(CN)c(Cl)c1. The summed E-state index contributed by atoms with van der Waals surface area (Å²) in [7, 11) is 0. The van der Waals surface area contributed by atoms with Gasteiger partial charge in [-0.15, -0.1) is 5.10 Å². The number of rotatable bonds is 3. The summed E-state index contributed by atoms with van der Waals surface area (Å²) in [6, 6.07) is 5.22. The van der Waals surface area contributed by atoms with Crippen LogP contribution in [0.1, 0.15) is 20.9 Å². The number of carbonyl (C=O) groups is 1. The Kier molecular flexibility index (Phi) is 3.90. The van der Waals surface area contributed by atoms with Gasteiger partial charge >= 0.3 is 0 Å². The number of amides is 1. The smallest absolute Gasteiger partial charge is 0.269 e. The van der Waals surface area contributed by atoms with Crippen LogP contribution in [0.4, 0.5) is 5.69 Å². The first-order chi connectivity index (χ1) is 8.61. The van der Waals surface area contributed by atoms with Gasteiger partial charge in [-0.3, -0.25) is 4.79 Å². The molecule has 0 radical (unpaired) electrons. The lowest BCUT2D eigenvalue weighted by molar-refractivity contribution is 0.103. The second-order valence-corrected chi connectivity index (χ2v) is 4.81. The van der Waals surface area contributed by atoms with Crippen LogP contribution in [-0.2, 0) is 6.54 Å². The number of anilines is 1. The molecule has 3 N–H and O–H groups in total. The monoisotopic (exact) mass is 282 g/mol. The molecule has 0 bridgehead atoms. The van der Waals surface area contributed by atoms with E-state index in [1.165, 1.54) is 0 Å². The third kappa shape index (κ3) is 2.66. The normalized spacial score (nSPS) is 10.4. The van der Waals surface area contributed by atoms with Crippen molar-refractivity contribution in [1.82, 2.24) is 9.59 Å². The van der Waals surface area contributed by atoms with Crippen molar-refractivity contribution < 1.29 is 4.79 Å². The lowest BCUT2D eigenvalue weighted by atomic mass is 10.2. The Morgan fingerprint density at radius 1 is 1.56 bits per heavy atom. The van der Waals surface area contributed by atoms with E-state index in [1.807, 2.05) is 0 Å². The summed E-state index contributed by atoms with van der Waals surface area (Å²) in [5, 5.41) is 7.07. The molecule has 0 fully saturated rings. The van der Waals surface area contributed by atoms with Gasteiger partial charge in [-0.1, -0.05) is 22.2 Å². The zero-order chi connectivity index (χ0) is 13.1. The van der Waals surface area contributed by atoms with E-state index in [0.29, 0.717) is 27.8 Å². The van der Waals surface area contributed by atoms with Crippen LogP contribution in [0.2, 0.25) is 5.02 Å². The van der Waals surface area contributed by atoms with Crippen molar-refractivity contribution in [3.8, 4) is 0 Å². The molecular formula is C11H11ClN4OS. The molecular weight excluding hydrogens is 272 g/mol. The lowest BCUT2D eigenvalue weighted by Crippen LogP contribution is -2.11. The van der Waals surface area contributed by atoms with Crippen LogP contribution in [0.3, 0.4) is 0 Å². The molecule has 94 valence electrons. The molecule has 0 aliphatic heterocycles. The molecule has 1 aromatic carbocycles. The number of nitrogens with two attached hydrogens (primary N) is 1. The predicted molar refractivity (Wildman–Crippen MR) is 71.9 cm³/mol. The largest absolute Gasteiger partial charge is 0.326 e. The number of hydrogen-bond acceptors (Lipinski definition) is 5. The van der Waals surface area contributed by atoms with Crippen molar-refractivity contribution in [2.45, 2.75) is 13.5 Å². The van der Waals surface area contributed by atoms with Crippen molar-refractivity contribution in [1.29, 1.82) is 0 Å². The minimum Gasteiger partial charge on any atom is -0.326 e. The maximum absolute atomic E-state index is 11.9. The molecule has 5 nitrogen and oxygen atoms in total. The minimum atomic E-state index is -0.237. The average molecular weight is 283 g/mol. The quantitative estimate of drug-likeness (QED) is 0.904. The average Bonchev–Trinajstić information content (AvgIpc) is 2.76. The van der Waals surface area contributed by atoms with Crippen molar-refractivity contribution in [3.05, 3.63) is 39.4 Å². The number of aryl methyl sites for hydroxylation is 1. The summed E-state index contributed by atoms with van der Waals surface area (Å²) in [6.07, 6.45) is 0. The topological polar surface area (TPSA) is 80.9 Å². The van der Waals surface area contributed by atoms with Crippen molar-refractivity contribution >= 4 is 34.7 Å². The number of carbonyl (C=O) groups excluding carboxylic acids is 1. The van der Waals surface area contributed by atoms with Crippen LogP contribution >= 0.6 is 23.1 Å². The summed E-state index contributed by atoms with van der Waals surface area (Å²) in [5.74, 6) is -0.237. The molecule has 1 amide bonds. The van der Waals surface area contributed by atoms with Crippen molar-refractivity contribution in [2.24, 2.45) is 5.73 Å². The fraction of sp³-hybridized carbons (Fsp3) is 0.182. The van der Waals surface area contributed by atoms with Crippen molar-refractivity contribution in [3.63, 3.8) is 0 Å². The fourth-order valence-electron chi connectivity index (χ4n) is 1.42. The molecule has 0 saturated carbocycles. The van der Waals surface area contributed by atoms with E-state index in [9.17, 15) is 4.79 Å². The third-order valence-corrected chi connectivity index (χ3v) is 3.57. The van der Waals surface area contributed by atoms with E-state index in [-0.39, 0.29) is 5.91 Å². The van der Waals surface area contributed by atoms with Crippen LogP contribution in [0, 0.1) is 6.92 Å². The second kappa shape index (κ2) is 5.43. The Hall–Kier alpha value is -1.50. The van der Waals surface area contributed by atoms with Crippen LogP contribution in [0.25, 0.3) is 0 Å². The highest BCUT2D eigenvalue weighted by molar-refractivity contribution is 7.08. The highest BCUT2D eigenvalue weighted by Gasteiger charge is 2.13. The molecule has 1 heterocycles. The molecule has 2 aromatic rings. The number of benzene rings is 1. The summed E-state index contributed by atoms with van der Waals surface area (Å²) in [4.78, 5) is 12.4. The van der Waals surface area contributed by atoms with E-state index >= 15 is 0 Å². The molecule has 2 rings (SSSR count). The highest BCUT2D eigenvalue weighted by atomic mass is 35.5. The predicted octanol–water partition coefficient (Wildman–Crippen LogP) is 2.21. The molecule has 0 saturated heterocycles. The highest BCUT2D eigenvalue weighted by Crippen LogP contribution is 2.21. The summed E-state index contributed by atoms with van der Waals surface area (Å²) in [5.41, 5.74) is 7.58. The van der Waals surface area contributed by atoms with Gasteiger partial charge in [-0.25, -0.2) is 0 Å². The zero-order valence-corrected chi connectivity index (χ0v) is 11.2. The van der Waals surface area contributed by atoms with Crippen LogP contribution < -0.4 is 11.1 Å². The van der Waals surface area contributed by atoms with E-state index in [2.05, 4.69) is 14.9 Å². The Bertz CT molecular complexity index is 584. The van der Waals surface area contributed by atoms with E-state index in [0.717, 1.165) is 17.1 Å². The van der Waals surface area contributed by atoms with Gasteiger partial charge in [0.2, 0.25) is 0 Å². The summed E-state index contributed by atoms with van der Waals surface area (Å²) in [6.45, 7) is 2.11. The minimum absolute atomic E-state index is 0.237. The first kappa shape index (κ1) is 12.9. The Balaban J connectivity index is 2.17. The van der Waals surface area contributed by atoms with Gasteiger partial charge in [0, 0.05) is 17.3 Å². The molecule has 18 heavy (non-hydrogen) atoms. The molecule has 7 heteroatoms. The maximum Gasteiger partial charge on any atom is 0.269 e. The second-order valence-electron chi connectivity index (χ2n) is 3.65. The van der Waals surface area contributed by atoms with E-state index < -0.39 is 0 Å². The molecule has 0 unspecified atom stereocenters. The number of halogens is 1. The fourth-order valence-corrected chi connectivity index (χ4v) is 2.23. The third-order valence-electron chi connectivity index (χ3n) is 2.39. The van der Waals surface area contributed by atoms with Gasteiger partial charge in [0.15, 0.2) is 0 Å². The van der Waals surface area contributed by atoms with Gasteiger partial charge in [-0.05, 0) is 36.2 Å². The van der Waals surface area contributed by atoms with Crippen LogP contribution in [-0.4, -0.2) is 15.5 Å². The van der Waals surface area contributed by atoms with Gasteiger partial charge in [0.05, 0.1) is 5.69 Å². The van der Waals surface area contributed by atoms with Gasteiger partial charge in [-0.2, -0.15) is 0 Å². The van der Waals surface area contributed by atoms with Crippen molar-refractivity contribution in [2.75, 3.05) is 5.32 Å². The summed E-state index contributed by atoms with van der Waals surface area (Å²) >= 11 is 7.08. The van der Waals surface area contributed by atoms with E-state index in [4.69, 9.17) is 17.3 Å². The zero-order valence-electron chi connectivity index (χ0n) is 9.61. The van der Waals surface area contributed by atoms with E-state index in [1.54, 1.807) is 25.1 Å². The molecule has 0 spiro atoms. The standard InChI is InChI=1S/C11H11ClN4OS/c1-6-10(18-16-15-6)11(17)14-8-3-2-7(5-13)9(12)4-8/h2-4H,5,13H2,1H3,(H,14,17). The molecule has 1 aromatic heterocycles. The summed E-state index contributed by atoms with van der Waals surface area (Å²) < 4.78 is 3.72. The molecule has 0 aliphatic rings. The Morgan fingerprint density at radius 3 is 2.89 bits per heavy atom.